The van der Waals surface area contributed by atoms with Crippen LogP contribution in [-0.2, 0) is 15.7 Å². The van der Waals surface area contributed by atoms with Gasteiger partial charge >= 0.3 is 6.18 Å². The standard InChI is InChI=1S/C25H31F3N2O2/c1-2-3-4-17-5-7-18(8-6-17)23-29-13-20(14-30-23)21-15-31-24(32-16-21)19-9-11-22(12-10-19)25(26,27)28/h9-14,17-18,21,24H,2-8,15-16H2,1H3. The van der Waals surface area contributed by atoms with Crippen molar-refractivity contribution in [2.24, 2.45) is 5.92 Å². The third-order valence-electron chi connectivity index (χ3n) is 6.75. The monoisotopic (exact) mass is 448 g/mol. The molecule has 2 aliphatic rings. The Morgan fingerprint density at radius 3 is 2.06 bits per heavy atom. The molecular formula is C25H31F3N2O2. The Morgan fingerprint density at radius 1 is 0.875 bits per heavy atom. The van der Waals surface area contributed by atoms with Crippen molar-refractivity contribution in [1.82, 2.24) is 9.97 Å². The second-order valence-corrected chi connectivity index (χ2v) is 9.05. The molecule has 174 valence electrons. The van der Waals surface area contributed by atoms with Crippen molar-refractivity contribution in [3.05, 3.63) is 59.2 Å². The minimum Gasteiger partial charge on any atom is -0.348 e. The summed E-state index contributed by atoms with van der Waals surface area (Å²) < 4.78 is 49.8. The van der Waals surface area contributed by atoms with Gasteiger partial charge in [-0.05, 0) is 49.3 Å². The van der Waals surface area contributed by atoms with E-state index in [0.717, 1.165) is 42.3 Å². The van der Waals surface area contributed by atoms with Crippen LogP contribution in [0.4, 0.5) is 13.2 Å². The maximum Gasteiger partial charge on any atom is 0.416 e. The first-order chi connectivity index (χ1) is 15.4. The molecule has 1 aromatic carbocycles. The highest BCUT2D eigenvalue weighted by Gasteiger charge is 2.31. The molecule has 0 unspecified atom stereocenters. The number of hydrogen-bond donors (Lipinski definition) is 0. The molecule has 0 spiro atoms. The molecule has 2 aromatic rings. The van der Waals surface area contributed by atoms with E-state index in [1.807, 2.05) is 12.4 Å². The molecule has 4 rings (SSSR count). The summed E-state index contributed by atoms with van der Waals surface area (Å²) in [5, 5.41) is 0. The van der Waals surface area contributed by atoms with Gasteiger partial charge in [-0.25, -0.2) is 9.97 Å². The van der Waals surface area contributed by atoms with Gasteiger partial charge in [-0.15, -0.1) is 0 Å². The Hall–Kier alpha value is -1.99. The second-order valence-electron chi connectivity index (χ2n) is 9.05. The van der Waals surface area contributed by atoms with E-state index >= 15 is 0 Å². The Bertz CT molecular complexity index is 839. The molecule has 1 aliphatic heterocycles. The highest BCUT2D eigenvalue weighted by atomic mass is 19.4. The van der Waals surface area contributed by atoms with E-state index in [1.165, 1.54) is 44.2 Å². The second kappa shape index (κ2) is 10.3. The number of rotatable bonds is 6. The molecule has 0 amide bonds. The van der Waals surface area contributed by atoms with Crippen molar-refractivity contribution < 1.29 is 22.6 Å². The summed E-state index contributed by atoms with van der Waals surface area (Å²) in [4.78, 5) is 9.29. The Morgan fingerprint density at radius 2 is 1.50 bits per heavy atom. The van der Waals surface area contributed by atoms with Gasteiger partial charge in [0.25, 0.3) is 0 Å². The lowest BCUT2D eigenvalue weighted by Crippen LogP contribution is -2.26. The molecule has 0 bridgehead atoms. The summed E-state index contributed by atoms with van der Waals surface area (Å²) in [5.41, 5.74) is 0.871. The minimum atomic E-state index is -4.35. The van der Waals surface area contributed by atoms with E-state index in [2.05, 4.69) is 16.9 Å². The zero-order chi connectivity index (χ0) is 22.6. The first kappa shape index (κ1) is 23.2. The van der Waals surface area contributed by atoms with Crippen LogP contribution in [0.15, 0.2) is 36.7 Å². The van der Waals surface area contributed by atoms with Crippen molar-refractivity contribution in [2.75, 3.05) is 13.2 Å². The quantitative estimate of drug-likeness (QED) is 0.488. The number of halogens is 3. The molecular weight excluding hydrogens is 417 g/mol. The third kappa shape index (κ3) is 5.67. The SMILES string of the molecule is CCCCC1CCC(c2ncc(C3COC(c4ccc(C(F)(F)F)cc4)OC3)cn2)CC1. The van der Waals surface area contributed by atoms with Gasteiger partial charge in [0, 0.05) is 29.8 Å². The van der Waals surface area contributed by atoms with Crippen molar-refractivity contribution in [1.29, 1.82) is 0 Å². The van der Waals surface area contributed by atoms with E-state index in [4.69, 9.17) is 9.47 Å². The van der Waals surface area contributed by atoms with E-state index < -0.39 is 18.0 Å². The average molecular weight is 449 g/mol. The normalized spacial score (nSPS) is 26.8. The predicted molar refractivity (Wildman–Crippen MR) is 115 cm³/mol. The van der Waals surface area contributed by atoms with Crippen molar-refractivity contribution in [2.45, 2.75) is 76.2 Å². The summed E-state index contributed by atoms with van der Waals surface area (Å²) in [6, 6.07) is 4.92. The number of benzene rings is 1. The Labute approximate surface area is 187 Å². The number of hydrogen-bond acceptors (Lipinski definition) is 4. The molecule has 1 aromatic heterocycles. The highest BCUT2D eigenvalue weighted by molar-refractivity contribution is 5.25. The molecule has 2 fully saturated rings. The van der Waals surface area contributed by atoms with Crippen molar-refractivity contribution in [3.63, 3.8) is 0 Å². The molecule has 4 nitrogen and oxygen atoms in total. The van der Waals surface area contributed by atoms with Crippen LogP contribution in [0.1, 0.15) is 92.5 Å². The van der Waals surface area contributed by atoms with E-state index in [0.29, 0.717) is 24.7 Å². The summed E-state index contributed by atoms with van der Waals surface area (Å²) in [7, 11) is 0. The molecule has 0 atom stereocenters. The van der Waals surface area contributed by atoms with Crippen LogP contribution in [0, 0.1) is 5.92 Å². The first-order valence-electron chi connectivity index (χ1n) is 11.7. The van der Waals surface area contributed by atoms with Gasteiger partial charge in [-0.1, -0.05) is 38.3 Å². The van der Waals surface area contributed by atoms with Crippen LogP contribution in [0.25, 0.3) is 0 Å². The molecule has 32 heavy (non-hydrogen) atoms. The van der Waals surface area contributed by atoms with Crippen molar-refractivity contribution in [3.8, 4) is 0 Å². The van der Waals surface area contributed by atoms with Crippen LogP contribution < -0.4 is 0 Å². The van der Waals surface area contributed by atoms with Crippen LogP contribution in [0.2, 0.25) is 0 Å². The molecule has 7 heteroatoms. The van der Waals surface area contributed by atoms with Gasteiger partial charge in [0.2, 0.25) is 0 Å². The van der Waals surface area contributed by atoms with Crippen molar-refractivity contribution >= 4 is 0 Å². The number of unbranched alkanes of at least 4 members (excludes halogenated alkanes) is 1. The van der Waals surface area contributed by atoms with Gasteiger partial charge in [0.1, 0.15) is 5.82 Å². The maximum absolute atomic E-state index is 12.7. The summed E-state index contributed by atoms with van der Waals surface area (Å²) in [6.07, 6.45) is 7.55. The Balaban J connectivity index is 1.28. The lowest BCUT2D eigenvalue weighted by atomic mass is 9.79. The van der Waals surface area contributed by atoms with Crippen LogP contribution >= 0.6 is 0 Å². The number of aromatic nitrogens is 2. The van der Waals surface area contributed by atoms with E-state index in [-0.39, 0.29) is 5.92 Å². The topological polar surface area (TPSA) is 44.2 Å². The molecule has 1 aliphatic carbocycles. The lowest BCUT2D eigenvalue weighted by Gasteiger charge is -2.30. The third-order valence-corrected chi connectivity index (χ3v) is 6.75. The minimum absolute atomic E-state index is 0.0135. The first-order valence-corrected chi connectivity index (χ1v) is 11.7. The summed E-state index contributed by atoms with van der Waals surface area (Å²) >= 11 is 0. The summed E-state index contributed by atoms with van der Waals surface area (Å²) in [5.74, 6) is 2.26. The molecule has 1 saturated heterocycles. The van der Waals surface area contributed by atoms with Gasteiger partial charge < -0.3 is 9.47 Å². The molecule has 1 saturated carbocycles. The zero-order valence-electron chi connectivity index (χ0n) is 18.5. The highest BCUT2D eigenvalue weighted by Crippen LogP contribution is 2.37. The summed E-state index contributed by atoms with van der Waals surface area (Å²) in [6.45, 7) is 3.08. The average Bonchev–Trinajstić information content (AvgIpc) is 2.83. The van der Waals surface area contributed by atoms with Gasteiger partial charge in [-0.3, -0.25) is 0 Å². The number of ether oxygens (including phenoxy) is 2. The zero-order valence-corrected chi connectivity index (χ0v) is 18.5. The fraction of sp³-hybridized carbons (Fsp3) is 0.600. The smallest absolute Gasteiger partial charge is 0.348 e. The molecule has 2 heterocycles. The fourth-order valence-corrected chi connectivity index (χ4v) is 4.69. The predicted octanol–water partition coefficient (Wildman–Crippen LogP) is 6.79. The molecule has 0 N–H and O–H groups in total. The van der Waals surface area contributed by atoms with E-state index in [9.17, 15) is 13.2 Å². The number of alkyl halides is 3. The van der Waals surface area contributed by atoms with E-state index in [1.54, 1.807) is 0 Å². The van der Waals surface area contributed by atoms with Gasteiger partial charge in [0.05, 0.1) is 18.8 Å². The Kier molecular flexibility index (Phi) is 7.46. The number of nitrogens with zero attached hydrogens (tertiary/aromatic N) is 2. The van der Waals surface area contributed by atoms with Gasteiger partial charge in [-0.2, -0.15) is 13.2 Å². The van der Waals surface area contributed by atoms with Gasteiger partial charge in [0.15, 0.2) is 6.29 Å². The van der Waals surface area contributed by atoms with Crippen LogP contribution in [0.5, 0.6) is 0 Å². The molecule has 0 radical (unpaired) electrons. The lowest BCUT2D eigenvalue weighted by molar-refractivity contribution is -0.191. The van der Waals surface area contributed by atoms with Crippen LogP contribution in [0.3, 0.4) is 0 Å². The van der Waals surface area contributed by atoms with Crippen LogP contribution in [-0.4, -0.2) is 23.2 Å². The largest absolute Gasteiger partial charge is 0.416 e. The maximum atomic E-state index is 12.7. The fourth-order valence-electron chi connectivity index (χ4n) is 4.69.